The highest BCUT2D eigenvalue weighted by Crippen LogP contribution is 2.26. The van der Waals surface area contributed by atoms with Crippen molar-refractivity contribution in [2.24, 2.45) is 10.7 Å². The zero-order valence-electron chi connectivity index (χ0n) is 16.6. The van der Waals surface area contributed by atoms with E-state index < -0.39 is 5.91 Å². The molecule has 0 saturated carbocycles. The van der Waals surface area contributed by atoms with E-state index >= 15 is 0 Å². The number of nitrogens with two attached hydrogens (primary N) is 1. The minimum absolute atomic E-state index is 0.0276. The van der Waals surface area contributed by atoms with E-state index in [1.807, 2.05) is 0 Å². The molecule has 28 heavy (non-hydrogen) atoms. The molecule has 0 aliphatic rings. The lowest BCUT2D eigenvalue weighted by molar-refractivity contribution is -0.119. The number of benzene rings is 1. The first-order valence-electron chi connectivity index (χ1n) is 9.12. The van der Waals surface area contributed by atoms with Crippen molar-refractivity contribution in [1.82, 2.24) is 4.57 Å². The number of carbonyl (C=O) groups excluding carboxylic acids is 1. The number of rotatable bonds is 7. The molecule has 0 fully saturated rings. The summed E-state index contributed by atoms with van der Waals surface area (Å²) in [5, 5.41) is 0.513. The molecule has 1 heterocycles. The van der Waals surface area contributed by atoms with Gasteiger partial charge in [0.15, 0.2) is 11.4 Å². The van der Waals surface area contributed by atoms with E-state index in [4.69, 9.17) is 39.3 Å². The number of nitrogens with zero attached hydrogens (tertiary/aromatic N) is 2. The number of hydrogen-bond donors (Lipinski definition) is 1. The van der Waals surface area contributed by atoms with Gasteiger partial charge >= 0.3 is 0 Å². The number of thiazole rings is 1. The molecule has 2 N–H and O–H groups in total. The molecule has 0 unspecified atom stereocenters. The standard InChI is InChI=1S/C20H26ClN3O2S2/c1-5-6-9-24-11-16(20(2,3)4)28-19(24)23-18(27)14-10-13(21)7-8-15(14)26-12-17(22)25/h7-8,10-11H,5-6,9,12H2,1-4H3,(H2,22,25)/b23-19-. The molecule has 0 aliphatic carbocycles. The first-order valence-corrected chi connectivity index (χ1v) is 10.7. The highest BCUT2D eigenvalue weighted by molar-refractivity contribution is 7.80. The topological polar surface area (TPSA) is 69.6 Å². The van der Waals surface area contributed by atoms with Crippen LogP contribution in [-0.2, 0) is 16.8 Å². The first-order chi connectivity index (χ1) is 13.1. The Morgan fingerprint density at radius 2 is 2.11 bits per heavy atom. The van der Waals surface area contributed by atoms with Crippen molar-refractivity contribution in [2.45, 2.75) is 52.5 Å². The molecule has 0 bridgehead atoms. The van der Waals surface area contributed by atoms with Crippen LogP contribution in [0.1, 0.15) is 51.0 Å². The summed E-state index contributed by atoms with van der Waals surface area (Å²) in [6, 6.07) is 5.04. The SMILES string of the molecule is CCCCn1cc(C(C)(C)C)s/c1=N\C(=S)c1cc(Cl)ccc1OCC(N)=O. The average Bonchev–Trinajstić information content (AvgIpc) is 3.01. The van der Waals surface area contributed by atoms with E-state index in [1.165, 1.54) is 4.88 Å². The van der Waals surface area contributed by atoms with Crippen LogP contribution in [0.3, 0.4) is 0 Å². The van der Waals surface area contributed by atoms with Gasteiger partial charge in [0.2, 0.25) is 0 Å². The van der Waals surface area contributed by atoms with Gasteiger partial charge in [-0.05, 0) is 30.0 Å². The largest absolute Gasteiger partial charge is 0.483 e. The number of primary amides is 1. The predicted octanol–water partition coefficient (Wildman–Crippen LogP) is 4.44. The van der Waals surface area contributed by atoms with Crippen molar-refractivity contribution in [3.05, 3.63) is 44.7 Å². The van der Waals surface area contributed by atoms with E-state index in [0.717, 1.165) is 24.2 Å². The summed E-state index contributed by atoms with van der Waals surface area (Å²) < 4.78 is 7.63. The normalized spacial score (nSPS) is 12.2. The van der Waals surface area contributed by atoms with E-state index in [1.54, 1.807) is 29.5 Å². The molecule has 1 aromatic heterocycles. The maximum absolute atomic E-state index is 11.1. The summed E-state index contributed by atoms with van der Waals surface area (Å²) in [6.07, 6.45) is 4.31. The third kappa shape index (κ3) is 6.15. The van der Waals surface area contributed by atoms with Gasteiger partial charge < -0.3 is 15.0 Å². The van der Waals surface area contributed by atoms with Crippen molar-refractivity contribution in [1.29, 1.82) is 0 Å². The molecule has 2 aromatic rings. The summed E-state index contributed by atoms with van der Waals surface area (Å²) >= 11 is 13.3. The van der Waals surface area contributed by atoms with Crippen molar-refractivity contribution < 1.29 is 9.53 Å². The van der Waals surface area contributed by atoms with E-state index in [0.29, 0.717) is 21.3 Å². The van der Waals surface area contributed by atoms with E-state index in [-0.39, 0.29) is 12.0 Å². The molecule has 0 spiro atoms. The maximum atomic E-state index is 11.1. The van der Waals surface area contributed by atoms with E-state index in [9.17, 15) is 4.79 Å². The number of halogens is 1. The van der Waals surface area contributed by atoms with E-state index in [2.05, 4.69) is 38.5 Å². The fraction of sp³-hybridized carbons (Fsp3) is 0.450. The Balaban J connectivity index is 2.47. The molecule has 0 aliphatic heterocycles. The second-order valence-corrected chi connectivity index (χ2v) is 9.32. The Kier molecular flexibility index (Phi) is 7.80. The van der Waals surface area contributed by atoms with Crippen molar-refractivity contribution in [3.63, 3.8) is 0 Å². The summed E-state index contributed by atoms with van der Waals surface area (Å²) in [7, 11) is 0. The first kappa shape index (κ1) is 22.6. The van der Waals surface area contributed by atoms with Gasteiger partial charge in [0.25, 0.3) is 5.91 Å². The van der Waals surface area contributed by atoms with Gasteiger partial charge in [-0.3, -0.25) is 4.79 Å². The fourth-order valence-electron chi connectivity index (χ4n) is 2.39. The molecule has 1 aromatic carbocycles. The molecule has 8 heteroatoms. The van der Waals surface area contributed by atoms with Crippen molar-refractivity contribution >= 4 is 46.1 Å². The van der Waals surface area contributed by atoms with Crippen LogP contribution in [0.25, 0.3) is 0 Å². The lowest BCUT2D eigenvalue weighted by Crippen LogP contribution is -2.21. The lowest BCUT2D eigenvalue weighted by Gasteiger charge is -2.14. The summed E-state index contributed by atoms with van der Waals surface area (Å²) in [5.41, 5.74) is 5.78. The lowest BCUT2D eigenvalue weighted by atomic mass is 9.95. The molecular formula is C20H26ClN3O2S2. The van der Waals surface area contributed by atoms with Crippen LogP contribution in [0.5, 0.6) is 5.75 Å². The average molecular weight is 440 g/mol. The molecule has 2 rings (SSSR count). The van der Waals surface area contributed by atoms with Crippen LogP contribution < -0.4 is 15.3 Å². The van der Waals surface area contributed by atoms with Crippen LogP contribution >= 0.6 is 35.2 Å². The quantitative estimate of drug-likeness (QED) is 0.648. The Morgan fingerprint density at radius 1 is 1.39 bits per heavy atom. The number of unbranched alkanes of at least 4 members (excludes halogenated alkanes) is 1. The number of hydrogen-bond acceptors (Lipinski definition) is 4. The van der Waals surface area contributed by atoms with Crippen molar-refractivity contribution in [3.8, 4) is 5.75 Å². The van der Waals surface area contributed by atoms with Crippen LogP contribution in [0.2, 0.25) is 5.02 Å². The molecule has 0 saturated heterocycles. The summed E-state index contributed by atoms with van der Waals surface area (Å²) in [5.74, 6) is -0.126. The molecule has 1 amide bonds. The van der Waals surface area contributed by atoms with Crippen molar-refractivity contribution in [2.75, 3.05) is 6.61 Å². The second kappa shape index (κ2) is 9.67. The molecule has 0 radical (unpaired) electrons. The van der Waals surface area contributed by atoms with Gasteiger partial charge in [-0.15, -0.1) is 11.3 Å². The third-order valence-electron chi connectivity index (χ3n) is 3.95. The maximum Gasteiger partial charge on any atom is 0.255 e. The number of carbonyl (C=O) groups is 1. The third-order valence-corrected chi connectivity index (χ3v) is 5.94. The van der Waals surface area contributed by atoms with Crippen LogP contribution in [-0.4, -0.2) is 22.1 Å². The molecule has 5 nitrogen and oxygen atoms in total. The van der Waals surface area contributed by atoms with Gasteiger partial charge in [0.05, 0.1) is 5.56 Å². The highest BCUT2D eigenvalue weighted by Gasteiger charge is 2.18. The van der Waals surface area contributed by atoms with Gasteiger partial charge in [-0.25, -0.2) is 4.99 Å². The Labute approximate surface area is 180 Å². The molecule has 0 atom stereocenters. The number of aryl methyl sites for hydroxylation is 1. The summed E-state index contributed by atoms with van der Waals surface area (Å²) in [6.45, 7) is 9.34. The number of aromatic nitrogens is 1. The number of thiocarbonyl (C=S) groups is 1. The zero-order valence-corrected chi connectivity index (χ0v) is 19.0. The van der Waals surface area contributed by atoms with Crippen LogP contribution in [0.4, 0.5) is 0 Å². The monoisotopic (exact) mass is 439 g/mol. The predicted molar refractivity (Wildman–Crippen MR) is 119 cm³/mol. The molecular weight excluding hydrogens is 414 g/mol. The fourth-order valence-corrected chi connectivity index (χ4v) is 3.95. The molecule has 152 valence electrons. The van der Waals surface area contributed by atoms with Gasteiger partial charge in [-0.1, -0.05) is 57.9 Å². The summed E-state index contributed by atoms with van der Waals surface area (Å²) in [4.78, 5) is 18.2. The minimum atomic E-state index is -0.561. The van der Waals surface area contributed by atoms with Crippen LogP contribution in [0.15, 0.2) is 29.4 Å². The number of ether oxygens (including phenoxy) is 1. The minimum Gasteiger partial charge on any atom is -0.483 e. The van der Waals surface area contributed by atoms with Gasteiger partial charge in [-0.2, -0.15) is 0 Å². The Morgan fingerprint density at radius 3 is 2.71 bits per heavy atom. The Bertz CT molecular complexity index is 926. The smallest absolute Gasteiger partial charge is 0.255 e. The highest BCUT2D eigenvalue weighted by atomic mass is 35.5. The number of amides is 1. The van der Waals surface area contributed by atoms with Crippen LogP contribution in [0, 0.1) is 0 Å². The Hall–Kier alpha value is -1.70. The second-order valence-electron chi connectivity index (χ2n) is 7.49. The van der Waals surface area contributed by atoms with Gasteiger partial charge in [0.1, 0.15) is 10.7 Å². The van der Waals surface area contributed by atoms with Gasteiger partial charge in [0, 0.05) is 22.6 Å². The zero-order chi connectivity index (χ0) is 20.9.